The maximum atomic E-state index is 10.8. The molecule has 3 rings (SSSR count). The lowest BCUT2D eigenvalue weighted by Gasteiger charge is -2.13. The molecule has 4 nitrogen and oxygen atoms in total. The molecule has 0 aliphatic carbocycles. The molecule has 0 spiro atoms. The molecule has 20 heavy (non-hydrogen) atoms. The third kappa shape index (κ3) is 2.32. The van der Waals surface area contributed by atoms with Crippen molar-refractivity contribution in [2.45, 2.75) is 6.42 Å². The first kappa shape index (κ1) is 12.5. The van der Waals surface area contributed by atoms with Crippen LogP contribution in [0.3, 0.4) is 0 Å². The van der Waals surface area contributed by atoms with E-state index in [0.29, 0.717) is 5.56 Å². The molecule has 0 fully saturated rings. The SMILES string of the molecule is CN1CCc2cc(Nc3ccc(C(=O)O)cc3)ccc21. The lowest BCUT2D eigenvalue weighted by Crippen LogP contribution is -2.12. The minimum atomic E-state index is -0.905. The van der Waals surface area contributed by atoms with Gasteiger partial charge in [0.2, 0.25) is 0 Å². The van der Waals surface area contributed by atoms with Gasteiger partial charge in [-0.15, -0.1) is 0 Å². The molecule has 0 amide bonds. The van der Waals surface area contributed by atoms with Crippen LogP contribution in [0.4, 0.5) is 17.1 Å². The lowest BCUT2D eigenvalue weighted by molar-refractivity contribution is 0.0697. The van der Waals surface area contributed by atoms with Crippen LogP contribution >= 0.6 is 0 Å². The number of benzene rings is 2. The molecule has 1 aliphatic heterocycles. The van der Waals surface area contributed by atoms with Crippen molar-refractivity contribution in [3.8, 4) is 0 Å². The normalized spacial score (nSPS) is 13.2. The quantitative estimate of drug-likeness (QED) is 0.898. The molecule has 1 aliphatic rings. The zero-order chi connectivity index (χ0) is 14.1. The van der Waals surface area contributed by atoms with Gasteiger partial charge >= 0.3 is 5.97 Å². The molecular weight excluding hydrogens is 252 g/mol. The Hall–Kier alpha value is -2.49. The summed E-state index contributed by atoms with van der Waals surface area (Å²) in [5.41, 5.74) is 4.85. The number of nitrogens with zero attached hydrogens (tertiary/aromatic N) is 1. The van der Waals surface area contributed by atoms with Crippen molar-refractivity contribution in [2.24, 2.45) is 0 Å². The van der Waals surface area contributed by atoms with Crippen LogP contribution in [0.25, 0.3) is 0 Å². The van der Waals surface area contributed by atoms with Gasteiger partial charge in [0.25, 0.3) is 0 Å². The second-order valence-electron chi connectivity index (χ2n) is 5.02. The van der Waals surface area contributed by atoms with Crippen molar-refractivity contribution in [1.29, 1.82) is 0 Å². The van der Waals surface area contributed by atoms with E-state index in [9.17, 15) is 4.79 Å². The molecule has 0 radical (unpaired) electrons. The van der Waals surface area contributed by atoms with Gasteiger partial charge in [-0.25, -0.2) is 4.79 Å². The number of anilines is 3. The van der Waals surface area contributed by atoms with Gasteiger partial charge in [0, 0.05) is 30.7 Å². The Morgan fingerprint density at radius 3 is 2.55 bits per heavy atom. The van der Waals surface area contributed by atoms with Crippen LogP contribution < -0.4 is 10.2 Å². The molecule has 0 aromatic heterocycles. The smallest absolute Gasteiger partial charge is 0.335 e. The summed E-state index contributed by atoms with van der Waals surface area (Å²) in [7, 11) is 2.10. The standard InChI is InChI=1S/C16H16N2O2/c1-18-9-8-12-10-14(6-7-15(12)18)17-13-4-2-11(3-5-13)16(19)20/h2-7,10,17H,8-9H2,1H3,(H,19,20). The fourth-order valence-corrected chi connectivity index (χ4v) is 2.51. The van der Waals surface area contributed by atoms with Crippen LogP contribution in [0, 0.1) is 0 Å². The molecule has 2 aromatic carbocycles. The summed E-state index contributed by atoms with van der Waals surface area (Å²) >= 11 is 0. The van der Waals surface area contributed by atoms with Crippen LogP contribution in [-0.2, 0) is 6.42 Å². The number of carboxylic acids is 1. The predicted molar refractivity (Wildman–Crippen MR) is 80.1 cm³/mol. The topological polar surface area (TPSA) is 52.6 Å². The van der Waals surface area contributed by atoms with E-state index in [2.05, 4.69) is 29.4 Å². The van der Waals surface area contributed by atoms with E-state index in [4.69, 9.17) is 5.11 Å². The number of nitrogens with one attached hydrogen (secondary N) is 1. The Balaban J connectivity index is 1.79. The van der Waals surface area contributed by atoms with Crippen molar-refractivity contribution in [3.63, 3.8) is 0 Å². The zero-order valence-electron chi connectivity index (χ0n) is 11.3. The number of hydrogen-bond donors (Lipinski definition) is 2. The van der Waals surface area contributed by atoms with Crippen LogP contribution in [-0.4, -0.2) is 24.7 Å². The van der Waals surface area contributed by atoms with E-state index in [1.165, 1.54) is 11.3 Å². The first-order chi connectivity index (χ1) is 9.63. The van der Waals surface area contributed by atoms with Crippen molar-refractivity contribution in [3.05, 3.63) is 53.6 Å². The largest absolute Gasteiger partial charge is 0.478 e. The molecule has 0 atom stereocenters. The van der Waals surface area contributed by atoms with Gasteiger partial charge in [-0.1, -0.05) is 0 Å². The fourth-order valence-electron chi connectivity index (χ4n) is 2.51. The van der Waals surface area contributed by atoms with Crippen molar-refractivity contribution < 1.29 is 9.90 Å². The molecule has 0 saturated carbocycles. The highest BCUT2D eigenvalue weighted by molar-refractivity contribution is 5.88. The molecule has 0 bridgehead atoms. The highest BCUT2D eigenvalue weighted by Crippen LogP contribution is 2.30. The average Bonchev–Trinajstić information content (AvgIpc) is 2.81. The van der Waals surface area contributed by atoms with Gasteiger partial charge in [-0.3, -0.25) is 0 Å². The Kier molecular flexibility index (Phi) is 3.06. The fraction of sp³-hybridized carbons (Fsp3) is 0.188. The van der Waals surface area contributed by atoms with Crippen LogP contribution in [0.1, 0.15) is 15.9 Å². The number of aromatic carboxylic acids is 1. The van der Waals surface area contributed by atoms with Crippen molar-refractivity contribution in [1.82, 2.24) is 0 Å². The predicted octanol–water partition coefficient (Wildman–Crippen LogP) is 3.12. The first-order valence-corrected chi connectivity index (χ1v) is 6.58. The monoisotopic (exact) mass is 268 g/mol. The second-order valence-corrected chi connectivity index (χ2v) is 5.02. The van der Waals surface area contributed by atoms with Gasteiger partial charge < -0.3 is 15.3 Å². The molecule has 102 valence electrons. The summed E-state index contributed by atoms with van der Waals surface area (Å²) in [6.07, 6.45) is 1.07. The number of fused-ring (bicyclic) bond motifs is 1. The maximum absolute atomic E-state index is 10.8. The molecule has 0 unspecified atom stereocenters. The Morgan fingerprint density at radius 1 is 1.15 bits per heavy atom. The third-order valence-electron chi connectivity index (χ3n) is 3.63. The highest BCUT2D eigenvalue weighted by atomic mass is 16.4. The van der Waals surface area contributed by atoms with E-state index in [1.54, 1.807) is 24.3 Å². The highest BCUT2D eigenvalue weighted by Gasteiger charge is 2.15. The molecule has 0 saturated heterocycles. The minimum absolute atomic E-state index is 0.297. The average molecular weight is 268 g/mol. The summed E-state index contributed by atoms with van der Waals surface area (Å²) < 4.78 is 0. The summed E-state index contributed by atoms with van der Waals surface area (Å²) in [5.74, 6) is -0.905. The van der Waals surface area contributed by atoms with Gasteiger partial charge in [0.05, 0.1) is 5.56 Å². The van der Waals surface area contributed by atoms with E-state index in [-0.39, 0.29) is 0 Å². The Labute approximate surface area is 117 Å². The van der Waals surface area contributed by atoms with Crippen LogP contribution in [0.2, 0.25) is 0 Å². The third-order valence-corrected chi connectivity index (χ3v) is 3.63. The number of carbonyl (C=O) groups is 1. The second kappa shape index (κ2) is 4.89. The van der Waals surface area contributed by atoms with Gasteiger partial charge in [-0.05, 0) is 54.4 Å². The summed E-state index contributed by atoms with van der Waals surface area (Å²) in [5, 5.41) is 12.2. The zero-order valence-corrected chi connectivity index (χ0v) is 11.3. The number of carboxylic acid groups (broad SMARTS) is 1. The molecular formula is C16H16N2O2. The summed E-state index contributed by atoms with van der Waals surface area (Å²) in [4.78, 5) is 13.1. The van der Waals surface area contributed by atoms with Gasteiger partial charge in [0.15, 0.2) is 0 Å². The van der Waals surface area contributed by atoms with Crippen LogP contribution in [0.5, 0.6) is 0 Å². The Morgan fingerprint density at radius 2 is 1.85 bits per heavy atom. The van der Waals surface area contributed by atoms with Crippen molar-refractivity contribution in [2.75, 3.05) is 23.8 Å². The summed E-state index contributed by atoms with van der Waals surface area (Å²) in [6.45, 7) is 1.06. The molecule has 2 N–H and O–H groups in total. The first-order valence-electron chi connectivity index (χ1n) is 6.58. The summed E-state index contributed by atoms with van der Waals surface area (Å²) in [6, 6.07) is 13.1. The molecule has 1 heterocycles. The van der Waals surface area contributed by atoms with E-state index < -0.39 is 5.97 Å². The maximum Gasteiger partial charge on any atom is 0.335 e. The van der Waals surface area contributed by atoms with Gasteiger partial charge in [0.1, 0.15) is 0 Å². The molecule has 2 aromatic rings. The van der Waals surface area contributed by atoms with E-state index in [0.717, 1.165) is 24.3 Å². The van der Waals surface area contributed by atoms with E-state index >= 15 is 0 Å². The number of rotatable bonds is 3. The lowest BCUT2D eigenvalue weighted by atomic mass is 10.1. The molecule has 4 heteroatoms. The Bertz CT molecular complexity index is 650. The number of likely N-dealkylation sites (N-methyl/N-ethyl adjacent to an activating group) is 1. The van der Waals surface area contributed by atoms with Crippen molar-refractivity contribution >= 4 is 23.0 Å². The van der Waals surface area contributed by atoms with Crippen LogP contribution in [0.15, 0.2) is 42.5 Å². The van der Waals surface area contributed by atoms with E-state index in [1.807, 2.05) is 6.07 Å². The van der Waals surface area contributed by atoms with Gasteiger partial charge in [-0.2, -0.15) is 0 Å². The minimum Gasteiger partial charge on any atom is -0.478 e. The number of hydrogen-bond acceptors (Lipinski definition) is 3.